The molecule has 1 atom stereocenters. The maximum Gasteiger partial charge on any atom is 1.00 e. The van der Waals surface area contributed by atoms with Crippen molar-refractivity contribution >= 4 is 11.7 Å². The monoisotopic (exact) mass is 253 g/mol. The molecule has 0 bridgehead atoms. The summed E-state index contributed by atoms with van der Waals surface area (Å²) in [5.74, 6) is -1.42. The SMILES string of the molecule is CC(=O)C1=C([O-])C(Cc2ccccc2)NC1=O.[Na+]. The number of ketones is 1. The third kappa shape index (κ3) is 3.02. The molecule has 0 saturated heterocycles. The van der Waals surface area contributed by atoms with E-state index in [1.807, 2.05) is 30.3 Å². The van der Waals surface area contributed by atoms with Gasteiger partial charge in [0, 0.05) is 6.04 Å². The van der Waals surface area contributed by atoms with E-state index in [9.17, 15) is 14.7 Å². The van der Waals surface area contributed by atoms with Crippen molar-refractivity contribution in [1.82, 2.24) is 5.32 Å². The normalized spacial score (nSPS) is 18.3. The van der Waals surface area contributed by atoms with Crippen LogP contribution in [0.2, 0.25) is 0 Å². The van der Waals surface area contributed by atoms with Gasteiger partial charge in [-0.15, -0.1) is 0 Å². The molecular weight excluding hydrogens is 241 g/mol. The fourth-order valence-electron chi connectivity index (χ4n) is 1.91. The summed E-state index contributed by atoms with van der Waals surface area (Å²) >= 11 is 0. The van der Waals surface area contributed by atoms with E-state index >= 15 is 0 Å². The van der Waals surface area contributed by atoms with Crippen LogP contribution in [0.15, 0.2) is 41.7 Å². The number of nitrogens with one attached hydrogen (secondary N) is 1. The number of benzene rings is 1. The molecule has 88 valence electrons. The molecule has 0 fully saturated rings. The molecule has 18 heavy (non-hydrogen) atoms. The molecule has 0 aliphatic carbocycles. The minimum Gasteiger partial charge on any atom is -0.873 e. The molecule has 0 saturated carbocycles. The average Bonchev–Trinajstić information content (AvgIpc) is 2.55. The first kappa shape index (κ1) is 15.0. The second-order valence-electron chi connectivity index (χ2n) is 4.01. The number of hydrogen-bond acceptors (Lipinski definition) is 3. The van der Waals surface area contributed by atoms with Gasteiger partial charge in [0.05, 0.1) is 5.57 Å². The summed E-state index contributed by atoms with van der Waals surface area (Å²) in [4.78, 5) is 22.6. The Hall–Kier alpha value is -1.10. The van der Waals surface area contributed by atoms with Crippen LogP contribution in [0.3, 0.4) is 0 Å². The van der Waals surface area contributed by atoms with Gasteiger partial charge in [0.1, 0.15) is 0 Å². The second kappa shape index (κ2) is 6.18. The summed E-state index contributed by atoms with van der Waals surface area (Å²) in [6, 6.07) is 8.77. The number of Topliss-reactive ketones (excluding diaryl/α,β-unsaturated/α-hetero) is 1. The van der Waals surface area contributed by atoms with Gasteiger partial charge in [-0.05, 0) is 18.9 Å². The summed E-state index contributed by atoms with van der Waals surface area (Å²) in [6.07, 6.45) is 0.419. The topological polar surface area (TPSA) is 69.2 Å². The van der Waals surface area contributed by atoms with Crippen molar-refractivity contribution in [3.05, 3.63) is 47.2 Å². The molecule has 4 nitrogen and oxygen atoms in total. The van der Waals surface area contributed by atoms with Crippen molar-refractivity contribution in [2.45, 2.75) is 19.4 Å². The van der Waals surface area contributed by atoms with Crippen molar-refractivity contribution in [2.24, 2.45) is 0 Å². The zero-order chi connectivity index (χ0) is 12.4. The molecular formula is C13H12NNaO3. The van der Waals surface area contributed by atoms with Gasteiger partial charge in [0.15, 0.2) is 5.78 Å². The molecule has 1 aromatic carbocycles. The van der Waals surface area contributed by atoms with Gasteiger partial charge in [-0.25, -0.2) is 0 Å². The maximum atomic E-state index is 11.8. The summed E-state index contributed by atoms with van der Waals surface area (Å²) < 4.78 is 0. The average molecular weight is 253 g/mol. The van der Waals surface area contributed by atoms with Crippen molar-refractivity contribution in [2.75, 3.05) is 0 Å². The third-order valence-electron chi connectivity index (χ3n) is 2.73. The van der Waals surface area contributed by atoms with Gasteiger partial charge >= 0.3 is 29.6 Å². The Kier molecular flexibility index (Phi) is 5.14. The van der Waals surface area contributed by atoms with Gasteiger partial charge < -0.3 is 10.4 Å². The van der Waals surface area contributed by atoms with E-state index < -0.39 is 23.5 Å². The largest absolute Gasteiger partial charge is 1.00 e. The molecule has 0 spiro atoms. The van der Waals surface area contributed by atoms with Gasteiger partial charge in [-0.2, -0.15) is 0 Å². The molecule has 1 aliphatic heterocycles. The van der Waals surface area contributed by atoms with E-state index in [1.54, 1.807) is 0 Å². The standard InChI is InChI=1S/C13H13NO3.Na/c1-8(15)11-12(16)10(14-13(11)17)7-9-5-3-2-4-6-9;/h2-6,10,16H,7H2,1H3,(H,14,17);/q;+1/p-1. The molecule has 1 aromatic rings. The predicted octanol–water partition coefficient (Wildman–Crippen LogP) is -3.07. The van der Waals surface area contributed by atoms with Crippen molar-refractivity contribution in [3.8, 4) is 0 Å². The molecule has 1 heterocycles. The predicted molar refractivity (Wildman–Crippen MR) is 59.8 cm³/mol. The molecule has 0 radical (unpaired) electrons. The molecule has 0 aromatic heterocycles. The molecule has 1 amide bonds. The third-order valence-corrected chi connectivity index (χ3v) is 2.73. The van der Waals surface area contributed by atoms with E-state index in [0.29, 0.717) is 6.42 Å². The van der Waals surface area contributed by atoms with Crippen LogP contribution in [-0.4, -0.2) is 17.7 Å². The van der Waals surface area contributed by atoms with Crippen molar-refractivity contribution < 1.29 is 44.3 Å². The van der Waals surface area contributed by atoms with Crippen LogP contribution in [-0.2, 0) is 16.0 Å². The Bertz CT molecular complexity index is 496. The minimum absolute atomic E-state index is 0. The number of amides is 1. The van der Waals surface area contributed by atoms with Gasteiger partial charge in [0.2, 0.25) is 0 Å². The summed E-state index contributed by atoms with van der Waals surface area (Å²) in [5.41, 5.74) is 0.724. The summed E-state index contributed by atoms with van der Waals surface area (Å²) in [7, 11) is 0. The molecule has 1 aliphatic rings. The van der Waals surface area contributed by atoms with E-state index in [4.69, 9.17) is 0 Å². The van der Waals surface area contributed by atoms with Gasteiger partial charge in [0.25, 0.3) is 5.91 Å². The number of carbonyl (C=O) groups is 2. The van der Waals surface area contributed by atoms with E-state index in [2.05, 4.69) is 5.32 Å². The quantitative estimate of drug-likeness (QED) is 0.459. The molecule has 5 heteroatoms. The Labute approximate surface area is 127 Å². The zero-order valence-corrected chi connectivity index (χ0v) is 12.4. The van der Waals surface area contributed by atoms with Crippen LogP contribution in [0.25, 0.3) is 0 Å². The molecule has 1 unspecified atom stereocenters. The van der Waals surface area contributed by atoms with E-state index in [0.717, 1.165) is 5.56 Å². The summed E-state index contributed by atoms with van der Waals surface area (Å²) in [5, 5.41) is 14.4. The van der Waals surface area contributed by atoms with Gasteiger partial charge in [-0.3, -0.25) is 9.59 Å². The fraction of sp³-hybridized carbons (Fsp3) is 0.231. The van der Waals surface area contributed by atoms with Crippen LogP contribution < -0.4 is 40.0 Å². The van der Waals surface area contributed by atoms with Crippen LogP contribution in [0.4, 0.5) is 0 Å². The first-order valence-electron chi connectivity index (χ1n) is 5.36. The van der Waals surface area contributed by atoms with E-state index in [1.165, 1.54) is 6.92 Å². The molecule has 2 rings (SSSR count). The van der Waals surface area contributed by atoms with Crippen LogP contribution in [0, 0.1) is 0 Å². The second-order valence-corrected chi connectivity index (χ2v) is 4.01. The van der Waals surface area contributed by atoms with Crippen LogP contribution in [0.5, 0.6) is 0 Å². The van der Waals surface area contributed by atoms with Gasteiger partial charge in [-0.1, -0.05) is 36.1 Å². The van der Waals surface area contributed by atoms with E-state index in [-0.39, 0.29) is 35.1 Å². The van der Waals surface area contributed by atoms with Crippen LogP contribution in [0.1, 0.15) is 12.5 Å². The number of carbonyl (C=O) groups excluding carboxylic acids is 2. The van der Waals surface area contributed by atoms with Crippen LogP contribution >= 0.6 is 0 Å². The summed E-state index contributed by atoms with van der Waals surface area (Å²) in [6.45, 7) is 1.23. The smallest absolute Gasteiger partial charge is 0.873 e. The zero-order valence-electron chi connectivity index (χ0n) is 10.4. The maximum absolute atomic E-state index is 11.8. The molecule has 1 N–H and O–H groups in total. The van der Waals surface area contributed by atoms with Crippen molar-refractivity contribution in [3.63, 3.8) is 0 Å². The Morgan fingerprint density at radius 1 is 1.33 bits per heavy atom. The Morgan fingerprint density at radius 3 is 2.44 bits per heavy atom. The number of rotatable bonds is 3. The number of hydrogen-bond donors (Lipinski definition) is 1. The Balaban J connectivity index is 0.00000162. The van der Waals surface area contributed by atoms with Crippen molar-refractivity contribution in [1.29, 1.82) is 0 Å². The minimum atomic E-state index is -0.608. The fourth-order valence-corrected chi connectivity index (χ4v) is 1.91. The first-order chi connectivity index (χ1) is 8.09. The first-order valence-corrected chi connectivity index (χ1v) is 5.36. The Morgan fingerprint density at radius 2 is 1.94 bits per heavy atom.